The first-order chi connectivity index (χ1) is 9.15. The van der Waals surface area contributed by atoms with Crippen molar-refractivity contribution in [1.29, 1.82) is 0 Å². The molecule has 3 aromatic rings. The zero-order valence-corrected chi connectivity index (χ0v) is 11.4. The SMILES string of the molecule is Cn1ncc2c(Oc3cc(Br)ccc3F)ncnc21. The molecule has 0 unspecified atom stereocenters. The molecule has 5 nitrogen and oxygen atoms in total. The molecule has 2 aromatic heterocycles. The molecule has 0 N–H and O–H groups in total. The number of halogens is 2. The van der Waals surface area contributed by atoms with Crippen molar-refractivity contribution in [3.63, 3.8) is 0 Å². The molecule has 0 bridgehead atoms. The van der Waals surface area contributed by atoms with Gasteiger partial charge in [-0.05, 0) is 18.2 Å². The molecule has 0 fully saturated rings. The number of hydrogen-bond donors (Lipinski definition) is 0. The van der Waals surface area contributed by atoms with Gasteiger partial charge in [0.25, 0.3) is 0 Å². The Hall–Kier alpha value is -2.02. The van der Waals surface area contributed by atoms with E-state index in [1.54, 1.807) is 30.1 Å². The Morgan fingerprint density at radius 1 is 1.32 bits per heavy atom. The van der Waals surface area contributed by atoms with Crippen LogP contribution in [0.15, 0.2) is 35.2 Å². The lowest BCUT2D eigenvalue weighted by Gasteiger charge is -2.06. The summed E-state index contributed by atoms with van der Waals surface area (Å²) in [6.45, 7) is 0. The van der Waals surface area contributed by atoms with E-state index in [-0.39, 0.29) is 11.6 Å². The summed E-state index contributed by atoms with van der Waals surface area (Å²) in [6, 6.07) is 4.46. The quantitative estimate of drug-likeness (QED) is 0.727. The summed E-state index contributed by atoms with van der Waals surface area (Å²) in [4.78, 5) is 8.11. The van der Waals surface area contributed by atoms with Gasteiger partial charge in [-0.3, -0.25) is 4.68 Å². The topological polar surface area (TPSA) is 52.8 Å². The second-order valence-electron chi connectivity index (χ2n) is 3.86. The molecule has 96 valence electrons. The minimum atomic E-state index is -0.459. The molecule has 3 rings (SSSR count). The van der Waals surface area contributed by atoms with Crippen molar-refractivity contribution in [2.45, 2.75) is 0 Å². The van der Waals surface area contributed by atoms with Gasteiger partial charge in [-0.1, -0.05) is 15.9 Å². The number of ether oxygens (including phenoxy) is 1. The number of aryl methyl sites for hydroxylation is 1. The minimum absolute atomic E-state index is 0.0956. The summed E-state index contributed by atoms with van der Waals surface area (Å²) in [7, 11) is 1.76. The normalized spacial score (nSPS) is 10.9. The van der Waals surface area contributed by atoms with Crippen molar-refractivity contribution in [2.24, 2.45) is 7.05 Å². The highest BCUT2D eigenvalue weighted by molar-refractivity contribution is 9.10. The molecule has 0 saturated heterocycles. The van der Waals surface area contributed by atoms with Crippen molar-refractivity contribution in [3.8, 4) is 11.6 Å². The zero-order valence-electron chi connectivity index (χ0n) is 9.84. The van der Waals surface area contributed by atoms with Crippen LogP contribution in [0.3, 0.4) is 0 Å². The van der Waals surface area contributed by atoms with Crippen LogP contribution in [-0.4, -0.2) is 19.7 Å². The molecule has 19 heavy (non-hydrogen) atoms. The Balaban J connectivity index is 2.08. The van der Waals surface area contributed by atoms with E-state index in [0.29, 0.717) is 11.0 Å². The van der Waals surface area contributed by atoms with Crippen LogP contribution < -0.4 is 4.74 Å². The van der Waals surface area contributed by atoms with Gasteiger partial charge < -0.3 is 4.74 Å². The van der Waals surface area contributed by atoms with E-state index in [1.165, 1.54) is 12.4 Å². The summed E-state index contributed by atoms with van der Waals surface area (Å²) in [5.41, 5.74) is 0.625. The van der Waals surface area contributed by atoms with Gasteiger partial charge in [0.05, 0.1) is 6.20 Å². The van der Waals surface area contributed by atoms with Crippen LogP contribution in [0.2, 0.25) is 0 Å². The lowest BCUT2D eigenvalue weighted by atomic mass is 10.3. The van der Waals surface area contributed by atoms with E-state index in [0.717, 1.165) is 4.47 Å². The molecule has 2 heterocycles. The Morgan fingerprint density at radius 3 is 3.00 bits per heavy atom. The molecular weight excluding hydrogens is 315 g/mol. The van der Waals surface area contributed by atoms with Gasteiger partial charge in [-0.2, -0.15) is 5.10 Å². The number of hydrogen-bond acceptors (Lipinski definition) is 4. The molecule has 1 aromatic carbocycles. The summed E-state index contributed by atoms with van der Waals surface area (Å²) < 4.78 is 21.5. The Morgan fingerprint density at radius 2 is 2.16 bits per heavy atom. The van der Waals surface area contributed by atoms with E-state index in [2.05, 4.69) is 31.0 Å². The maximum absolute atomic E-state index is 13.7. The highest BCUT2D eigenvalue weighted by atomic mass is 79.9. The Kier molecular flexibility index (Phi) is 2.90. The number of benzene rings is 1. The fourth-order valence-corrected chi connectivity index (χ4v) is 2.02. The number of fused-ring (bicyclic) bond motifs is 1. The molecule has 0 aliphatic heterocycles. The fraction of sp³-hybridized carbons (Fsp3) is 0.0833. The monoisotopic (exact) mass is 322 g/mol. The van der Waals surface area contributed by atoms with E-state index in [4.69, 9.17) is 4.74 Å². The largest absolute Gasteiger partial charge is 0.435 e. The van der Waals surface area contributed by atoms with Crippen LogP contribution in [0.4, 0.5) is 4.39 Å². The first kappa shape index (κ1) is 12.0. The number of nitrogens with zero attached hydrogens (tertiary/aromatic N) is 4. The van der Waals surface area contributed by atoms with Crippen molar-refractivity contribution >= 4 is 27.0 Å². The molecule has 0 spiro atoms. The molecule has 0 amide bonds. The average Bonchev–Trinajstić information content (AvgIpc) is 2.77. The second-order valence-corrected chi connectivity index (χ2v) is 4.78. The van der Waals surface area contributed by atoms with Gasteiger partial charge in [0.15, 0.2) is 17.2 Å². The minimum Gasteiger partial charge on any atom is -0.435 e. The van der Waals surface area contributed by atoms with Gasteiger partial charge in [0, 0.05) is 11.5 Å². The standard InChI is InChI=1S/C12H8BrFN4O/c1-18-11-8(5-17-18)12(16-6-15-11)19-10-4-7(13)2-3-9(10)14/h2-6H,1H3. The molecule has 0 saturated carbocycles. The van der Waals surface area contributed by atoms with Crippen LogP contribution in [0.25, 0.3) is 11.0 Å². The lowest BCUT2D eigenvalue weighted by Crippen LogP contribution is -1.95. The Bertz CT molecular complexity index is 759. The fourth-order valence-electron chi connectivity index (χ4n) is 1.68. The average molecular weight is 323 g/mol. The molecule has 0 radical (unpaired) electrons. The van der Waals surface area contributed by atoms with Gasteiger partial charge in [-0.15, -0.1) is 0 Å². The first-order valence-electron chi connectivity index (χ1n) is 5.41. The summed E-state index contributed by atoms with van der Waals surface area (Å²) in [5.74, 6) is -0.0906. The van der Waals surface area contributed by atoms with Crippen LogP contribution in [0.1, 0.15) is 0 Å². The second kappa shape index (κ2) is 4.58. The molecule has 0 aliphatic carbocycles. The number of aromatic nitrogens is 4. The van der Waals surface area contributed by atoms with E-state index >= 15 is 0 Å². The van der Waals surface area contributed by atoms with Gasteiger partial charge in [0.1, 0.15) is 11.7 Å². The van der Waals surface area contributed by atoms with Crippen molar-refractivity contribution in [3.05, 3.63) is 41.0 Å². The molecule has 0 aliphatic rings. The predicted octanol–water partition coefficient (Wildman–Crippen LogP) is 3.06. The van der Waals surface area contributed by atoms with Crippen molar-refractivity contribution in [1.82, 2.24) is 19.7 Å². The third-order valence-corrected chi connectivity index (χ3v) is 3.09. The van der Waals surface area contributed by atoms with Gasteiger partial charge in [-0.25, -0.2) is 14.4 Å². The summed E-state index contributed by atoms with van der Waals surface area (Å²) in [6.07, 6.45) is 2.94. The van der Waals surface area contributed by atoms with Crippen LogP contribution >= 0.6 is 15.9 Å². The lowest BCUT2D eigenvalue weighted by molar-refractivity contribution is 0.431. The highest BCUT2D eigenvalue weighted by Gasteiger charge is 2.12. The Labute approximate surface area is 116 Å². The smallest absolute Gasteiger partial charge is 0.233 e. The number of rotatable bonds is 2. The third kappa shape index (κ3) is 2.17. The zero-order chi connectivity index (χ0) is 13.4. The van der Waals surface area contributed by atoms with Crippen LogP contribution in [-0.2, 0) is 7.05 Å². The van der Waals surface area contributed by atoms with E-state index in [9.17, 15) is 4.39 Å². The van der Waals surface area contributed by atoms with Crippen molar-refractivity contribution < 1.29 is 9.13 Å². The van der Waals surface area contributed by atoms with Gasteiger partial charge >= 0.3 is 0 Å². The van der Waals surface area contributed by atoms with E-state index in [1.807, 2.05) is 0 Å². The van der Waals surface area contributed by atoms with Crippen LogP contribution in [0, 0.1) is 5.82 Å². The third-order valence-electron chi connectivity index (χ3n) is 2.59. The maximum Gasteiger partial charge on any atom is 0.233 e. The molecule has 7 heteroatoms. The maximum atomic E-state index is 13.7. The molecular formula is C12H8BrFN4O. The highest BCUT2D eigenvalue weighted by Crippen LogP contribution is 2.29. The predicted molar refractivity (Wildman–Crippen MR) is 70.5 cm³/mol. The van der Waals surface area contributed by atoms with E-state index < -0.39 is 5.82 Å². The summed E-state index contributed by atoms with van der Waals surface area (Å²) >= 11 is 3.27. The van der Waals surface area contributed by atoms with Crippen molar-refractivity contribution in [2.75, 3.05) is 0 Å². The van der Waals surface area contributed by atoms with Gasteiger partial charge in [0.2, 0.25) is 5.88 Å². The summed E-state index contributed by atoms with van der Waals surface area (Å²) in [5, 5.41) is 4.70. The van der Waals surface area contributed by atoms with Crippen LogP contribution in [0.5, 0.6) is 11.6 Å². The molecule has 0 atom stereocenters. The first-order valence-corrected chi connectivity index (χ1v) is 6.20.